The fourth-order valence-electron chi connectivity index (χ4n) is 2.65. The molecule has 0 amide bonds. The predicted octanol–water partition coefficient (Wildman–Crippen LogP) is 3.79. The summed E-state index contributed by atoms with van der Waals surface area (Å²) in [4.78, 5) is 15.6. The van der Waals surface area contributed by atoms with Crippen molar-refractivity contribution in [1.29, 1.82) is 0 Å². The molecule has 4 nitrogen and oxygen atoms in total. The third-order valence-corrected chi connectivity index (χ3v) is 3.78. The summed E-state index contributed by atoms with van der Waals surface area (Å²) in [5.41, 5.74) is 2.52. The molecule has 4 heteroatoms. The molecular weight excluding hydrogens is 278 g/mol. The first-order chi connectivity index (χ1) is 10.8. The molecule has 1 aromatic heterocycles. The Morgan fingerprint density at radius 2 is 2.05 bits per heavy atom. The quantitative estimate of drug-likeness (QED) is 0.731. The standard InChI is InChI=1S/C18H13NO3/c1-21-12-6-7-14-16(9-12)22-17(18(14)20)8-11-10-19-15-5-3-2-4-13(11)15/h2-10,19H,1H3/b17-8+. The lowest BCUT2D eigenvalue weighted by molar-refractivity contribution is 0.101. The average molecular weight is 291 g/mol. The molecule has 4 rings (SSSR count). The van der Waals surface area contributed by atoms with E-state index < -0.39 is 0 Å². The molecular formula is C18H13NO3. The molecule has 0 unspecified atom stereocenters. The number of H-pyrrole nitrogens is 1. The number of aromatic nitrogens is 1. The minimum Gasteiger partial charge on any atom is -0.497 e. The second kappa shape index (κ2) is 4.77. The number of ketones is 1. The first-order valence-electron chi connectivity index (χ1n) is 6.94. The lowest BCUT2D eigenvalue weighted by atomic mass is 10.1. The lowest BCUT2D eigenvalue weighted by Crippen LogP contribution is -1.97. The van der Waals surface area contributed by atoms with Gasteiger partial charge < -0.3 is 14.5 Å². The number of carbonyl (C=O) groups is 1. The number of hydrogen-bond acceptors (Lipinski definition) is 3. The minimum atomic E-state index is -0.108. The van der Waals surface area contributed by atoms with Gasteiger partial charge in [-0.3, -0.25) is 4.79 Å². The van der Waals surface area contributed by atoms with Gasteiger partial charge in [0.15, 0.2) is 5.76 Å². The van der Waals surface area contributed by atoms with Gasteiger partial charge in [-0.2, -0.15) is 0 Å². The number of ether oxygens (including phenoxy) is 2. The van der Waals surface area contributed by atoms with Crippen molar-refractivity contribution in [2.24, 2.45) is 0 Å². The SMILES string of the molecule is COc1ccc2c(c1)O/C(=C/c1c[nH]c3ccccc13)C2=O. The lowest BCUT2D eigenvalue weighted by Gasteiger charge is -2.01. The first-order valence-corrected chi connectivity index (χ1v) is 6.94. The van der Waals surface area contributed by atoms with Gasteiger partial charge in [0.25, 0.3) is 0 Å². The van der Waals surface area contributed by atoms with Crippen molar-refractivity contribution < 1.29 is 14.3 Å². The van der Waals surface area contributed by atoms with Crippen LogP contribution in [0.4, 0.5) is 0 Å². The van der Waals surface area contributed by atoms with Crippen LogP contribution in [0.5, 0.6) is 11.5 Å². The van der Waals surface area contributed by atoms with E-state index in [1.165, 1.54) is 0 Å². The second-order valence-electron chi connectivity index (χ2n) is 5.09. The number of benzene rings is 2. The first kappa shape index (κ1) is 12.7. The van der Waals surface area contributed by atoms with Crippen LogP contribution in [-0.2, 0) is 0 Å². The van der Waals surface area contributed by atoms with Gasteiger partial charge in [0.2, 0.25) is 5.78 Å². The summed E-state index contributed by atoms with van der Waals surface area (Å²) in [7, 11) is 1.58. The third-order valence-electron chi connectivity index (χ3n) is 3.78. The average Bonchev–Trinajstić information content (AvgIpc) is 3.10. The molecule has 1 aliphatic heterocycles. The van der Waals surface area contributed by atoms with Crippen molar-refractivity contribution in [3.63, 3.8) is 0 Å². The van der Waals surface area contributed by atoms with Gasteiger partial charge in [0, 0.05) is 28.7 Å². The van der Waals surface area contributed by atoms with Gasteiger partial charge in [-0.25, -0.2) is 0 Å². The molecule has 2 heterocycles. The zero-order valence-electron chi connectivity index (χ0n) is 11.9. The van der Waals surface area contributed by atoms with Gasteiger partial charge in [0.05, 0.1) is 12.7 Å². The fourth-order valence-corrected chi connectivity index (χ4v) is 2.65. The van der Waals surface area contributed by atoms with Crippen LogP contribution in [0.3, 0.4) is 0 Å². The van der Waals surface area contributed by atoms with Gasteiger partial charge in [-0.15, -0.1) is 0 Å². The summed E-state index contributed by atoms with van der Waals surface area (Å²) in [6.45, 7) is 0. The second-order valence-corrected chi connectivity index (χ2v) is 5.09. The number of Topliss-reactive ketones (excluding diaryl/α,β-unsaturated/α-hetero) is 1. The van der Waals surface area contributed by atoms with Crippen LogP contribution in [0.15, 0.2) is 54.4 Å². The molecule has 0 radical (unpaired) electrons. The summed E-state index contributed by atoms with van der Waals surface area (Å²) in [5, 5.41) is 1.06. The molecule has 2 aromatic carbocycles. The predicted molar refractivity (Wildman–Crippen MR) is 84.2 cm³/mol. The Labute approximate surface area is 127 Å². The number of fused-ring (bicyclic) bond motifs is 2. The van der Waals surface area contributed by atoms with E-state index in [1.807, 2.05) is 30.5 Å². The summed E-state index contributed by atoms with van der Waals surface area (Å²) in [6, 6.07) is 13.1. The maximum atomic E-state index is 12.4. The van der Waals surface area contributed by atoms with E-state index in [1.54, 1.807) is 31.4 Å². The summed E-state index contributed by atoms with van der Waals surface area (Å²) >= 11 is 0. The van der Waals surface area contributed by atoms with Gasteiger partial charge in [-0.05, 0) is 24.3 Å². The van der Waals surface area contributed by atoms with Gasteiger partial charge >= 0.3 is 0 Å². The normalized spacial score (nSPS) is 15.1. The number of methoxy groups -OCH3 is 1. The molecule has 0 bridgehead atoms. The van der Waals surface area contributed by atoms with Crippen molar-refractivity contribution >= 4 is 22.8 Å². The molecule has 0 spiro atoms. The number of rotatable bonds is 2. The Bertz CT molecular complexity index is 921. The number of carbonyl (C=O) groups excluding carboxylic acids is 1. The maximum Gasteiger partial charge on any atom is 0.231 e. The molecule has 3 aromatic rings. The van der Waals surface area contributed by atoms with Crippen molar-refractivity contribution in [2.75, 3.05) is 7.11 Å². The number of nitrogens with one attached hydrogen (secondary N) is 1. The Kier molecular flexibility index (Phi) is 2.76. The number of aromatic amines is 1. The summed E-state index contributed by atoms with van der Waals surface area (Å²) in [6.07, 6.45) is 3.64. The summed E-state index contributed by atoms with van der Waals surface area (Å²) in [5.74, 6) is 1.42. The highest BCUT2D eigenvalue weighted by Gasteiger charge is 2.27. The number of hydrogen-bond donors (Lipinski definition) is 1. The van der Waals surface area contributed by atoms with Crippen molar-refractivity contribution in [2.45, 2.75) is 0 Å². The van der Waals surface area contributed by atoms with Crippen LogP contribution in [0.25, 0.3) is 17.0 Å². The van der Waals surface area contributed by atoms with Crippen LogP contribution in [-0.4, -0.2) is 17.9 Å². The molecule has 22 heavy (non-hydrogen) atoms. The van der Waals surface area contributed by atoms with Crippen LogP contribution >= 0.6 is 0 Å². The largest absolute Gasteiger partial charge is 0.497 e. The van der Waals surface area contributed by atoms with Gasteiger partial charge in [0.1, 0.15) is 11.5 Å². The van der Waals surface area contributed by atoms with Crippen molar-refractivity contribution in [3.8, 4) is 11.5 Å². The number of allylic oxidation sites excluding steroid dienone is 1. The molecule has 0 saturated heterocycles. The molecule has 0 atom stereocenters. The topological polar surface area (TPSA) is 51.3 Å². The smallest absolute Gasteiger partial charge is 0.231 e. The van der Waals surface area contributed by atoms with E-state index >= 15 is 0 Å². The third kappa shape index (κ3) is 1.89. The zero-order valence-corrected chi connectivity index (χ0v) is 11.9. The molecule has 1 N–H and O–H groups in total. The highest BCUT2D eigenvalue weighted by molar-refractivity contribution is 6.15. The number of para-hydroxylation sites is 1. The monoisotopic (exact) mass is 291 g/mol. The van der Waals surface area contributed by atoms with Crippen molar-refractivity contribution in [1.82, 2.24) is 4.98 Å². The van der Waals surface area contributed by atoms with E-state index in [2.05, 4.69) is 4.98 Å². The molecule has 0 fully saturated rings. The Morgan fingerprint density at radius 1 is 1.18 bits per heavy atom. The van der Waals surface area contributed by atoms with Gasteiger partial charge in [-0.1, -0.05) is 18.2 Å². The van der Waals surface area contributed by atoms with E-state index in [4.69, 9.17) is 9.47 Å². The minimum absolute atomic E-state index is 0.108. The van der Waals surface area contributed by atoms with E-state index in [9.17, 15) is 4.79 Å². The highest BCUT2D eigenvalue weighted by Crippen LogP contribution is 2.35. The Balaban J connectivity index is 1.77. The Morgan fingerprint density at radius 3 is 2.91 bits per heavy atom. The van der Waals surface area contributed by atoms with Crippen LogP contribution in [0.1, 0.15) is 15.9 Å². The maximum absolute atomic E-state index is 12.4. The molecule has 0 aliphatic carbocycles. The molecule has 0 saturated carbocycles. The molecule has 108 valence electrons. The van der Waals surface area contributed by atoms with E-state index in [0.29, 0.717) is 22.8 Å². The fraction of sp³-hybridized carbons (Fsp3) is 0.0556. The van der Waals surface area contributed by atoms with Crippen LogP contribution in [0, 0.1) is 0 Å². The van der Waals surface area contributed by atoms with Crippen molar-refractivity contribution in [3.05, 3.63) is 65.5 Å². The summed E-state index contributed by atoms with van der Waals surface area (Å²) < 4.78 is 10.9. The van der Waals surface area contributed by atoms with Crippen LogP contribution < -0.4 is 9.47 Å². The highest BCUT2D eigenvalue weighted by atomic mass is 16.5. The van der Waals surface area contributed by atoms with Crippen LogP contribution in [0.2, 0.25) is 0 Å². The zero-order chi connectivity index (χ0) is 15.1. The van der Waals surface area contributed by atoms with E-state index in [0.717, 1.165) is 16.5 Å². The Hall–Kier alpha value is -3.01. The van der Waals surface area contributed by atoms with E-state index in [-0.39, 0.29) is 5.78 Å². The molecule has 1 aliphatic rings.